The van der Waals surface area contributed by atoms with Crippen LogP contribution >= 0.6 is 0 Å². The number of pyridine rings is 1. The number of nitrogens with zero attached hydrogens (tertiary/aromatic N) is 4. The molecule has 1 aromatic heterocycles. The molecule has 0 saturated heterocycles. The monoisotopic (exact) mass is 249 g/mol. The number of azo groups is 1. The van der Waals surface area contributed by atoms with E-state index in [9.17, 15) is 10.1 Å². The molecule has 0 radical (unpaired) electrons. The predicted molar refractivity (Wildman–Crippen MR) is 62.9 cm³/mol. The fraction of sp³-hybridized carbons (Fsp3) is 0.300. The van der Waals surface area contributed by atoms with Gasteiger partial charge >= 0.3 is 0 Å². The number of anilines is 1. The van der Waals surface area contributed by atoms with Crippen LogP contribution in [0.25, 0.3) is 0 Å². The Labute approximate surface area is 102 Å². The maximum absolute atomic E-state index is 10.6. The third-order valence-electron chi connectivity index (χ3n) is 2.48. The number of ether oxygens (including phenoxy) is 1. The predicted octanol–water partition coefficient (Wildman–Crippen LogP) is 2.04. The van der Waals surface area contributed by atoms with Crippen LogP contribution in [0.1, 0.15) is 13.3 Å². The van der Waals surface area contributed by atoms with Crippen molar-refractivity contribution in [3.63, 3.8) is 0 Å². The van der Waals surface area contributed by atoms with Gasteiger partial charge in [-0.3, -0.25) is 10.1 Å². The van der Waals surface area contributed by atoms with Crippen LogP contribution in [0, 0.1) is 10.1 Å². The van der Waals surface area contributed by atoms with Crippen molar-refractivity contribution < 1.29 is 9.66 Å². The summed E-state index contributed by atoms with van der Waals surface area (Å²) >= 11 is 0. The largest absolute Gasteiger partial charge is 0.442 e. The molecule has 0 fully saturated rings. The quantitative estimate of drug-likeness (QED) is 0.647. The average molecular weight is 249 g/mol. The summed E-state index contributed by atoms with van der Waals surface area (Å²) in [6.45, 7) is 1.87. The summed E-state index contributed by atoms with van der Waals surface area (Å²) in [7, 11) is 0. The van der Waals surface area contributed by atoms with Gasteiger partial charge < -0.3 is 10.5 Å². The third-order valence-corrected chi connectivity index (χ3v) is 2.48. The Morgan fingerprint density at radius 3 is 2.89 bits per heavy atom. The maximum atomic E-state index is 10.6. The summed E-state index contributed by atoms with van der Waals surface area (Å²) in [4.78, 5) is 13.8. The summed E-state index contributed by atoms with van der Waals surface area (Å²) in [5.41, 5.74) is 4.65. The number of nitrogens with two attached hydrogens (primary N) is 1. The lowest BCUT2D eigenvalue weighted by atomic mass is 10.2. The van der Waals surface area contributed by atoms with Crippen LogP contribution in [0.15, 0.2) is 34.8 Å². The highest BCUT2D eigenvalue weighted by Gasteiger charge is 2.31. The molecule has 2 rings (SSSR count). The molecule has 1 unspecified atom stereocenters. The summed E-state index contributed by atoms with van der Waals surface area (Å²) < 4.78 is 5.57. The summed E-state index contributed by atoms with van der Waals surface area (Å²) in [5.74, 6) is 0.105. The SMILES string of the molecule is CCC1(Oc2ncc([N+](=O)[O-])cc2N)C=CN=N1. The molecule has 1 aliphatic rings. The topological polar surface area (TPSA) is 116 Å². The zero-order valence-corrected chi connectivity index (χ0v) is 9.61. The molecule has 0 amide bonds. The molecule has 8 heteroatoms. The van der Waals surface area contributed by atoms with Crippen LogP contribution in [0.2, 0.25) is 0 Å². The van der Waals surface area contributed by atoms with E-state index in [1.54, 1.807) is 6.08 Å². The van der Waals surface area contributed by atoms with Crippen molar-refractivity contribution in [2.24, 2.45) is 10.2 Å². The first-order valence-corrected chi connectivity index (χ1v) is 5.25. The second-order valence-corrected chi connectivity index (χ2v) is 3.68. The molecule has 94 valence electrons. The number of hydrogen-bond acceptors (Lipinski definition) is 7. The van der Waals surface area contributed by atoms with E-state index in [0.717, 1.165) is 6.20 Å². The van der Waals surface area contributed by atoms with Gasteiger partial charge in [0.2, 0.25) is 11.6 Å². The molecule has 0 spiro atoms. The minimum absolute atomic E-state index is 0.0903. The Balaban J connectivity index is 2.27. The Kier molecular flexibility index (Phi) is 2.92. The summed E-state index contributed by atoms with van der Waals surface area (Å²) in [5, 5.41) is 18.2. The van der Waals surface area contributed by atoms with Crippen LogP contribution < -0.4 is 10.5 Å². The Hall–Kier alpha value is -2.51. The van der Waals surface area contributed by atoms with Crippen molar-refractivity contribution >= 4 is 11.4 Å². The summed E-state index contributed by atoms with van der Waals surface area (Å²) in [6.07, 6.45) is 4.83. The molecule has 2 heterocycles. The molecule has 1 atom stereocenters. The van der Waals surface area contributed by atoms with Gasteiger partial charge in [0.15, 0.2) is 0 Å². The van der Waals surface area contributed by atoms with Crippen molar-refractivity contribution in [1.29, 1.82) is 0 Å². The lowest BCUT2D eigenvalue weighted by Gasteiger charge is -2.22. The highest BCUT2D eigenvalue weighted by molar-refractivity contribution is 5.53. The molecule has 1 aromatic rings. The van der Waals surface area contributed by atoms with Gasteiger partial charge in [-0.25, -0.2) is 4.98 Å². The van der Waals surface area contributed by atoms with Crippen molar-refractivity contribution in [3.8, 4) is 5.88 Å². The van der Waals surface area contributed by atoms with Crippen molar-refractivity contribution in [3.05, 3.63) is 34.7 Å². The van der Waals surface area contributed by atoms with Crippen molar-refractivity contribution in [2.45, 2.75) is 19.1 Å². The van der Waals surface area contributed by atoms with Crippen LogP contribution in [0.5, 0.6) is 5.88 Å². The molecule has 8 nitrogen and oxygen atoms in total. The highest BCUT2D eigenvalue weighted by atomic mass is 16.6. The van der Waals surface area contributed by atoms with Gasteiger partial charge in [0, 0.05) is 18.6 Å². The van der Waals surface area contributed by atoms with Crippen LogP contribution in [0.4, 0.5) is 11.4 Å². The standard InChI is InChI=1S/C10H11N5O3/c1-2-10(3-4-13-14-10)18-9-8(11)5-7(6-12-9)15(16)17/h3-6H,2,11H2,1H3. The molecule has 0 aromatic carbocycles. The molecule has 2 N–H and O–H groups in total. The molecule has 0 aliphatic carbocycles. The number of nitrogen functional groups attached to an aromatic ring is 1. The van der Waals surface area contributed by atoms with Gasteiger partial charge in [0.1, 0.15) is 11.9 Å². The first kappa shape index (κ1) is 12.0. The maximum Gasteiger partial charge on any atom is 0.289 e. The molecule has 0 saturated carbocycles. The number of aromatic nitrogens is 1. The third kappa shape index (κ3) is 2.12. The fourth-order valence-corrected chi connectivity index (χ4v) is 1.44. The van der Waals surface area contributed by atoms with E-state index in [1.165, 1.54) is 12.3 Å². The second-order valence-electron chi connectivity index (χ2n) is 3.68. The minimum atomic E-state index is -0.919. The number of nitro groups is 1. The molecule has 18 heavy (non-hydrogen) atoms. The zero-order chi connectivity index (χ0) is 13.2. The van der Waals surface area contributed by atoms with E-state index < -0.39 is 10.6 Å². The van der Waals surface area contributed by atoms with E-state index in [4.69, 9.17) is 10.5 Å². The molecular formula is C10H11N5O3. The van der Waals surface area contributed by atoms with E-state index in [1.807, 2.05) is 6.92 Å². The van der Waals surface area contributed by atoms with Gasteiger partial charge in [0.25, 0.3) is 5.69 Å². The zero-order valence-electron chi connectivity index (χ0n) is 9.61. The Morgan fingerprint density at radius 1 is 1.61 bits per heavy atom. The molecule has 1 aliphatic heterocycles. The first-order chi connectivity index (χ1) is 8.56. The Bertz CT molecular complexity index is 528. The summed E-state index contributed by atoms with van der Waals surface area (Å²) in [6, 6.07) is 1.20. The average Bonchev–Trinajstić information content (AvgIpc) is 2.81. The number of hydrogen-bond donors (Lipinski definition) is 1. The Morgan fingerprint density at radius 2 is 2.39 bits per heavy atom. The van der Waals surface area contributed by atoms with E-state index in [-0.39, 0.29) is 17.3 Å². The second kappa shape index (κ2) is 4.40. The fourth-order valence-electron chi connectivity index (χ4n) is 1.44. The molecular weight excluding hydrogens is 238 g/mol. The van der Waals surface area contributed by atoms with E-state index >= 15 is 0 Å². The van der Waals surface area contributed by atoms with Crippen LogP contribution in [0.3, 0.4) is 0 Å². The van der Waals surface area contributed by atoms with Gasteiger partial charge in [-0.1, -0.05) is 6.92 Å². The van der Waals surface area contributed by atoms with Gasteiger partial charge in [-0.05, 0) is 0 Å². The number of rotatable bonds is 4. The van der Waals surface area contributed by atoms with E-state index in [2.05, 4.69) is 15.2 Å². The minimum Gasteiger partial charge on any atom is -0.442 e. The van der Waals surface area contributed by atoms with Crippen LogP contribution in [-0.2, 0) is 0 Å². The van der Waals surface area contributed by atoms with E-state index in [0.29, 0.717) is 6.42 Å². The highest BCUT2D eigenvalue weighted by Crippen LogP contribution is 2.31. The molecule has 0 bridgehead atoms. The smallest absolute Gasteiger partial charge is 0.289 e. The van der Waals surface area contributed by atoms with Gasteiger partial charge in [-0.2, -0.15) is 5.11 Å². The van der Waals surface area contributed by atoms with Gasteiger partial charge in [0.05, 0.1) is 11.1 Å². The van der Waals surface area contributed by atoms with Crippen molar-refractivity contribution in [1.82, 2.24) is 4.98 Å². The lowest BCUT2D eigenvalue weighted by molar-refractivity contribution is -0.385. The normalized spacial score (nSPS) is 21.2. The first-order valence-electron chi connectivity index (χ1n) is 5.25. The van der Waals surface area contributed by atoms with Crippen LogP contribution in [-0.4, -0.2) is 15.6 Å². The lowest BCUT2D eigenvalue weighted by Crippen LogP contribution is -2.29. The van der Waals surface area contributed by atoms with Gasteiger partial charge in [-0.15, -0.1) is 5.11 Å². The van der Waals surface area contributed by atoms with Crippen molar-refractivity contribution in [2.75, 3.05) is 5.73 Å².